The third-order valence-electron chi connectivity index (χ3n) is 2.60. The van der Waals surface area contributed by atoms with E-state index in [9.17, 15) is 14.9 Å². The van der Waals surface area contributed by atoms with Crippen molar-refractivity contribution >= 4 is 35.0 Å². The Morgan fingerprint density at radius 2 is 2.05 bits per heavy atom. The van der Waals surface area contributed by atoms with Gasteiger partial charge >= 0.3 is 5.97 Å². The summed E-state index contributed by atoms with van der Waals surface area (Å²) in [5, 5.41) is 11.6. The lowest BCUT2D eigenvalue weighted by Crippen LogP contribution is -2.02. The quantitative estimate of drug-likeness (QED) is 0.479. The molecule has 5 nitrogen and oxygen atoms in total. The lowest BCUT2D eigenvalue weighted by Gasteiger charge is -2.06. The fourth-order valence-electron chi connectivity index (χ4n) is 1.65. The van der Waals surface area contributed by atoms with E-state index >= 15 is 0 Å². The maximum Gasteiger partial charge on any atom is 0.337 e. The van der Waals surface area contributed by atoms with Crippen molar-refractivity contribution in [1.82, 2.24) is 0 Å². The molecule has 0 saturated heterocycles. The van der Waals surface area contributed by atoms with E-state index in [1.165, 1.54) is 25.3 Å². The van der Waals surface area contributed by atoms with Crippen LogP contribution in [-0.2, 0) is 4.74 Å². The van der Waals surface area contributed by atoms with Crippen LogP contribution < -0.4 is 0 Å². The van der Waals surface area contributed by atoms with Crippen molar-refractivity contribution in [3.63, 3.8) is 0 Å². The van der Waals surface area contributed by atoms with Gasteiger partial charge in [0.2, 0.25) is 0 Å². The lowest BCUT2D eigenvalue weighted by molar-refractivity contribution is -0.387. The van der Waals surface area contributed by atoms with Gasteiger partial charge in [-0.15, -0.1) is 0 Å². The monoisotopic (exact) mass is 323 g/mol. The first-order chi connectivity index (χ1) is 10.0. The molecule has 0 N–H and O–H groups in total. The van der Waals surface area contributed by atoms with Gasteiger partial charge in [0, 0.05) is 16.0 Å². The van der Waals surface area contributed by atoms with Crippen molar-refractivity contribution in [3.8, 4) is 0 Å². The lowest BCUT2D eigenvalue weighted by atomic mass is 10.2. The van der Waals surface area contributed by atoms with Crippen LogP contribution in [-0.4, -0.2) is 18.0 Å². The Hall–Kier alpha value is -2.05. The van der Waals surface area contributed by atoms with E-state index in [1.807, 2.05) is 0 Å². The molecule has 0 heterocycles. The number of nitro groups is 1. The predicted molar refractivity (Wildman–Crippen MR) is 80.0 cm³/mol. The average molecular weight is 324 g/mol. The summed E-state index contributed by atoms with van der Waals surface area (Å²) in [6.07, 6.45) is 0. The molecule has 108 valence electrons. The normalized spacial score (nSPS) is 10.2. The molecule has 2 aromatic carbocycles. The van der Waals surface area contributed by atoms with Crippen LogP contribution >= 0.6 is 23.4 Å². The molecule has 0 spiro atoms. The molecule has 0 unspecified atom stereocenters. The van der Waals surface area contributed by atoms with Crippen LogP contribution in [0.5, 0.6) is 0 Å². The van der Waals surface area contributed by atoms with Crippen molar-refractivity contribution in [1.29, 1.82) is 0 Å². The zero-order valence-electron chi connectivity index (χ0n) is 10.9. The molecule has 0 atom stereocenters. The topological polar surface area (TPSA) is 69.4 Å². The summed E-state index contributed by atoms with van der Waals surface area (Å²) in [7, 11) is 1.26. The van der Waals surface area contributed by atoms with Gasteiger partial charge in [-0.05, 0) is 30.3 Å². The Morgan fingerprint density at radius 3 is 2.67 bits per heavy atom. The molecule has 0 aliphatic rings. The molecule has 2 rings (SSSR count). The molecule has 0 aromatic heterocycles. The van der Waals surface area contributed by atoms with Gasteiger partial charge in [-0.2, -0.15) is 0 Å². The number of carbonyl (C=O) groups is 1. The second kappa shape index (κ2) is 6.60. The fourth-order valence-corrected chi connectivity index (χ4v) is 2.92. The van der Waals surface area contributed by atoms with E-state index in [0.717, 1.165) is 16.7 Å². The highest BCUT2D eigenvalue weighted by Gasteiger charge is 2.18. The molecule has 0 fully saturated rings. The third-order valence-corrected chi connectivity index (χ3v) is 3.87. The average Bonchev–Trinajstić information content (AvgIpc) is 2.46. The third kappa shape index (κ3) is 3.74. The number of halogens is 1. The van der Waals surface area contributed by atoms with Crippen LogP contribution in [0.2, 0.25) is 5.02 Å². The number of rotatable bonds is 4. The number of nitrogens with zero attached hydrogens (tertiary/aromatic N) is 1. The highest BCUT2D eigenvalue weighted by Crippen LogP contribution is 2.36. The highest BCUT2D eigenvalue weighted by atomic mass is 35.5. The summed E-state index contributed by atoms with van der Waals surface area (Å²) in [6.45, 7) is 0. The van der Waals surface area contributed by atoms with E-state index in [-0.39, 0.29) is 11.3 Å². The first-order valence-corrected chi connectivity index (χ1v) is 7.01. The number of carbonyl (C=O) groups excluding carboxylic acids is 1. The zero-order valence-corrected chi connectivity index (χ0v) is 12.5. The number of hydrogen-bond donors (Lipinski definition) is 0. The molecule has 0 aliphatic carbocycles. The molecule has 2 aromatic rings. The van der Waals surface area contributed by atoms with Gasteiger partial charge in [0.25, 0.3) is 5.69 Å². The number of benzene rings is 2. The van der Waals surface area contributed by atoms with E-state index in [0.29, 0.717) is 9.92 Å². The van der Waals surface area contributed by atoms with E-state index < -0.39 is 10.9 Å². The number of ether oxygens (including phenoxy) is 1. The second-order valence-electron chi connectivity index (χ2n) is 3.99. The maximum absolute atomic E-state index is 11.5. The Bertz CT molecular complexity index is 705. The van der Waals surface area contributed by atoms with E-state index in [1.54, 1.807) is 24.3 Å². The minimum atomic E-state index is -0.544. The molecule has 0 radical (unpaired) electrons. The number of hydrogen-bond acceptors (Lipinski definition) is 5. The molecule has 7 heteroatoms. The highest BCUT2D eigenvalue weighted by molar-refractivity contribution is 7.99. The Labute approximate surface area is 130 Å². The van der Waals surface area contributed by atoms with Crippen molar-refractivity contribution in [2.75, 3.05) is 7.11 Å². The van der Waals surface area contributed by atoms with Crippen LogP contribution in [0.4, 0.5) is 5.69 Å². The molecule has 0 aliphatic heterocycles. The Morgan fingerprint density at radius 1 is 1.29 bits per heavy atom. The minimum Gasteiger partial charge on any atom is -0.465 e. The summed E-state index contributed by atoms with van der Waals surface area (Å²) >= 11 is 7.06. The Balaban J connectivity index is 2.43. The van der Waals surface area contributed by atoms with Gasteiger partial charge in [-0.3, -0.25) is 10.1 Å². The van der Waals surface area contributed by atoms with Crippen LogP contribution in [0.3, 0.4) is 0 Å². The van der Waals surface area contributed by atoms with Crippen LogP contribution in [0, 0.1) is 10.1 Å². The van der Waals surface area contributed by atoms with Crippen LogP contribution in [0.15, 0.2) is 52.3 Å². The van der Waals surface area contributed by atoms with Crippen LogP contribution in [0.1, 0.15) is 10.4 Å². The van der Waals surface area contributed by atoms with Crippen LogP contribution in [0.25, 0.3) is 0 Å². The van der Waals surface area contributed by atoms with Gasteiger partial charge in [-0.25, -0.2) is 4.79 Å². The summed E-state index contributed by atoms with van der Waals surface area (Å²) in [6, 6.07) is 11.0. The van der Waals surface area contributed by atoms with Crippen molar-refractivity contribution in [2.45, 2.75) is 9.79 Å². The van der Waals surface area contributed by atoms with Gasteiger partial charge in [-0.1, -0.05) is 29.4 Å². The maximum atomic E-state index is 11.5. The smallest absolute Gasteiger partial charge is 0.337 e. The molecular weight excluding hydrogens is 314 g/mol. The fraction of sp³-hybridized carbons (Fsp3) is 0.0714. The summed E-state index contributed by atoms with van der Waals surface area (Å²) in [5.74, 6) is -0.544. The molecule has 21 heavy (non-hydrogen) atoms. The summed E-state index contributed by atoms with van der Waals surface area (Å²) < 4.78 is 4.62. The number of esters is 1. The predicted octanol–water partition coefficient (Wildman–Crippen LogP) is 4.19. The van der Waals surface area contributed by atoms with Gasteiger partial charge in [0.1, 0.15) is 0 Å². The minimum absolute atomic E-state index is 0.0763. The molecule has 0 saturated carbocycles. The number of methoxy groups -OCH3 is 1. The molecule has 0 bridgehead atoms. The SMILES string of the molecule is COC(=O)c1ccc([N+](=O)[O-])c(Sc2cccc(Cl)c2)c1. The van der Waals surface area contributed by atoms with Gasteiger partial charge < -0.3 is 4.74 Å². The van der Waals surface area contributed by atoms with Crippen molar-refractivity contribution in [2.24, 2.45) is 0 Å². The summed E-state index contributed by atoms with van der Waals surface area (Å²) in [5.41, 5.74) is 0.181. The largest absolute Gasteiger partial charge is 0.465 e. The van der Waals surface area contributed by atoms with Gasteiger partial charge in [0.15, 0.2) is 0 Å². The zero-order chi connectivity index (χ0) is 15.4. The van der Waals surface area contributed by atoms with E-state index in [2.05, 4.69) is 4.74 Å². The summed E-state index contributed by atoms with van der Waals surface area (Å²) in [4.78, 5) is 23.2. The molecular formula is C14H10ClNO4S. The Kier molecular flexibility index (Phi) is 4.82. The number of nitro benzene ring substituents is 1. The van der Waals surface area contributed by atoms with Gasteiger partial charge in [0.05, 0.1) is 22.5 Å². The van der Waals surface area contributed by atoms with E-state index in [4.69, 9.17) is 11.6 Å². The van der Waals surface area contributed by atoms with Crippen molar-refractivity contribution in [3.05, 3.63) is 63.2 Å². The first-order valence-electron chi connectivity index (χ1n) is 5.81. The first kappa shape index (κ1) is 15.3. The van der Waals surface area contributed by atoms with Crippen molar-refractivity contribution < 1.29 is 14.5 Å². The molecule has 0 amide bonds. The second-order valence-corrected chi connectivity index (χ2v) is 5.54. The standard InChI is InChI=1S/C14H10ClNO4S/c1-20-14(17)9-5-6-12(16(18)19)13(7-9)21-11-4-2-3-10(15)8-11/h2-8H,1H3.